The summed E-state index contributed by atoms with van der Waals surface area (Å²) in [6, 6.07) is 0. The topological polar surface area (TPSA) is 26.3 Å². The zero-order valence-electron chi connectivity index (χ0n) is 11.5. The molecule has 1 saturated carbocycles. The molecule has 2 aliphatic carbocycles. The van der Waals surface area contributed by atoms with Crippen LogP contribution < -0.4 is 0 Å². The average Bonchev–Trinajstić information content (AvgIpc) is 2.29. The van der Waals surface area contributed by atoms with Gasteiger partial charge in [0.15, 0.2) is 0 Å². The molecule has 0 spiro atoms. The Labute approximate surface area is 104 Å². The van der Waals surface area contributed by atoms with E-state index in [0.717, 1.165) is 19.3 Å². The normalized spacial score (nSPS) is 45.8. The molecule has 0 aromatic heterocycles. The molecule has 0 heterocycles. The first-order valence-corrected chi connectivity index (χ1v) is 6.72. The Morgan fingerprint density at radius 3 is 2.76 bits per heavy atom. The second kappa shape index (κ2) is 4.15. The van der Waals surface area contributed by atoms with Gasteiger partial charge in [-0.05, 0) is 43.9 Å². The van der Waals surface area contributed by atoms with Crippen molar-refractivity contribution in [2.75, 3.05) is 0 Å². The highest BCUT2D eigenvalue weighted by Gasteiger charge is 2.56. The minimum Gasteiger partial charge on any atom is -0.464 e. The number of hydrogen-bond donors (Lipinski definition) is 0. The molecule has 0 saturated heterocycles. The molecule has 17 heavy (non-hydrogen) atoms. The van der Waals surface area contributed by atoms with Gasteiger partial charge in [0, 0.05) is 5.41 Å². The SMILES string of the molecule is CC1=CCC[C@@]2(C)[C@H](OC=O)[C@@H](C)CC[C@@]12C. The summed E-state index contributed by atoms with van der Waals surface area (Å²) in [5.41, 5.74) is 1.79. The highest BCUT2D eigenvalue weighted by atomic mass is 16.5. The van der Waals surface area contributed by atoms with Crippen LogP contribution in [0.2, 0.25) is 0 Å². The number of rotatable bonds is 2. The molecule has 2 rings (SSSR count). The number of fused-ring (bicyclic) bond motifs is 1. The summed E-state index contributed by atoms with van der Waals surface area (Å²) >= 11 is 0. The monoisotopic (exact) mass is 236 g/mol. The molecule has 0 aromatic rings. The quantitative estimate of drug-likeness (QED) is 0.539. The maximum absolute atomic E-state index is 10.8. The van der Waals surface area contributed by atoms with E-state index in [4.69, 9.17) is 4.74 Å². The van der Waals surface area contributed by atoms with Gasteiger partial charge in [0.2, 0.25) is 0 Å². The Kier molecular flexibility index (Phi) is 3.09. The first-order valence-electron chi connectivity index (χ1n) is 6.72. The Morgan fingerprint density at radius 2 is 2.12 bits per heavy atom. The summed E-state index contributed by atoms with van der Waals surface area (Å²) in [5.74, 6) is 0.476. The van der Waals surface area contributed by atoms with Crippen LogP contribution in [-0.4, -0.2) is 12.6 Å². The molecule has 0 bridgehead atoms. The lowest BCUT2D eigenvalue weighted by atomic mass is 9.48. The first-order chi connectivity index (χ1) is 7.95. The minimum absolute atomic E-state index is 0.0717. The highest BCUT2D eigenvalue weighted by Crippen LogP contribution is 2.60. The highest BCUT2D eigenvalue weighted by molar-refractivity contribution is 5.38. The summed E-state index contributed by atoms with van der Waals surface area (Å²) in [6.07, 6.45) is 7.05. The Morgan fingerprint density at radius 1 is 1.41 bits per heavy atom. The van der Waals surface area contributed by atoms with E-state index >= 15 is 0 Å². The van der Waals surface area contributed by atoms with Gasteiger partial charge in [-0.1, -0.05) is 32.4 Å². The van der Waals surface area contributed by atoms with Gasteiger partial charge < -0.3 is 4.74 Å². The third kappa shape index (κ3) is 1.64. The van der Waals surface area contributed by atoms with Crippen molar-refractivity contribution in [3.8, 4) is 0 Å². The smallest absolute Gasteiger partial charge is 0.293 e. The molecule has 2 heteroatoms. The zero-order chi connectivity index (χ0) is 12.7. The van der Waals surface area contributed by atoms with Gasteiger partial charge in [-0.15, -0.1) is 0 Å². The number of carbonyl (C=O) groups excluding carboxylic acids is 1. The number of carbonyl (C=O) groups is 1. The van der Waals surface area contributed by atoms with Gasteiger partial charge in [-0.25, -0.2) is 0 Å². The van der Waals surface area contributed by atoms with Crippen LogP contribution in [0, 0.1) is 16.7 Å². The zero-order valence-corrected chi connectivity index (χ0v) is 11.5. The van der Waals surface area contributed by atoms with Crippen LogP contribution in [-0.2, 0) is 9.53 Å². The predicted octanol–water partition coefficient (Wildman–Crippen LogP) is 3.71. The largest absolute Gasteiger partial charge is 0.464 e. The van der Waals surface area contributed by atoms with Crippen molar-refractivity contribution in [1.82, 2.24) is 0 Å². The fourth-order valence-corrected chi connectivity index (χ4v) is 4.12. The van der Waals surface area contributed by atoms with E-state index in [9.17, 15) is 4.79 Å². The molecule has 0 radical (unpaired) electrons. The summed E-state index contributed by atoms with van der Waals surface area (Å²) in [7, 11) is 0. The van der Waals surface area contributed by atoms with E-state index in [2.05, 4.69) is 33.8 Å². The van der Waals surface area contributed by atoms with Crippen molar-refractivity contribution >= 4 is 6.47 Å². The molecule has 0 unspecified atom stereocenters. The van der Waals surface area contributed by atoms with Crippen LogP contribution in [0.5, 0.6) is 0 Å². The van der Waals surface area contributed by atoms with Crippen LogP contribution in [0.3, 0.4) is 0 Å². The fourth-order valence-electron chi connectivity index (χ4n) is 4.12. The van der Waals surface area contributed by atoms with Crippen molar-refractivity contribution in [3.63, 3.8) is 0 Å². The van der Waals surface area contributed by atoms with Gasteiger partial charge >= 0.3 is 0 Å². The molecule has 0 aromatic carbocycles. The molecule has 1 fully saturated rings. The lowest BCUT2D eigenvalue weighted by Crippen LogP contribution is -2.55. The van der Waals surface area contributed by atoms with E-state index in [1.54, 1.807) is 0 Å². The van der Waals surface area contributed by atoms with E-state index in [1.165, 1.54) is 12.0 Å². The third-order valence-electron chi connectivity index (χ3n) is 5.69. The molecule has 0 amide bonds. The third-order valence-corrected chi connectivity index (χ3v) is 5.69. The van der Waals surface area contributed by atoms with E-state index in [1.807, 2.05) is 0 Å². The van der Waals surface area contributed by atoms with Gasteiger partial charge in [0.1, 0.15) is 6.10 Å². The van der Waals surface area contributed by atoms with E-state index in [-0.39, 0.29) is 16.9 Å². The second-order valence-electron chi connectivity index (χ2n) is 6.34. The van der Waals surface area contributed by atoms with Crippen LogP contribution in [0.1, 0.15) is 53.4 Å². The van der Waals surface area contributed by atoms with Crippen molar-refractivity contribution < 1.29 is 9.53 Å². The number of ether oxygens (including phenoxy) is 1. The van der Waals surface area contributed by atoms with Crippen LogP contribution >= 0.6 is 0 Å². The Hall–Kier alpha value is -0.790. The molecule has 96 valence electrons. The maximum Gasteiger partial charge on any atom is 0.293 e. The standard InChI is InChI=1S/C15H24O2/c1-11-7-9-14(3)12(2)6-5-8-15(14,4)13(11)17-10-16/h6,10-11,13H,5,7-9H2,1-4H3/t11-,13+,14-,15-/m0/s1. The predicted molar refractivity (Wildman–Crippen MR) is 68.5 cm³/mol. The van der Waals surface area contributed by atoms with Crippen LogP contribution in [0.4, 0.5) is 0 Å². The lowest BCUT2D eigenvalue weighted by Gasteiger charge is -2.58. The van der Waals surface area contributed by atoms with Crippen LogP contribution in [0.25, 0.3) is 0 Å². The van der Waals surface area contributed by atoms with E-state index in [0.29, 0.717) is 12.4 Å². The first kappa shape index (κ1) is 12.7. The van der Waals surface area contributed by atoms with Crippen molar-refractivity contribution in [1.29, 1.82) is 0 Å². The van der Waals surface area contributed by atoms with Gasteiger partial charge in [-0.3, -0.25) is 4.79 Å². The summed E-state index contributed by atoms with van der Waals surface area (Å²) < 4.78 is 5.47. The van der Waals surface area contributed by atoms with Crippen molar-refractivity contribution in [2.45, 2.75) is 59.5 Å². The maximum atomic E-state index is 10.8. The second-order valence-corrected chi connectivity index (χ2v) is 6.34. The Bertz CT molecular complexity index is 347. The average molecular weight is 236 g/mol. The molecule has 2 nitrogen and oxygen atoms in total. The van der Waals surface area contributed by atoms with Crippen LogP contribution in [0.15, 0.2) is 11.6 Å². The van der Waals surface area contributed by atoms with E-state index < -0.39 is 0 Å². The van der Waals surface area contributed by atoms with Gasteiger partial charge in [0.05, 0.1) is 0 Å². The summed E-state index contributed by atoms with van der Waals surface area (Å²) in [5, 5.41) is 0. The van der Waals surface area contributed by atoms with Crippen molar-refractivity contribution in [2.24, 2.45) is 16.7 Å². The Balaban J connectivity index is 2.42. The van der Waals surface area contributed by atoms with Gasteiger partial charge in [-0.2, -0.15) is 0 Å². The molecule has 0 aliphatic heterocycles. The molecular formula is C15H24O2. The molecule has 2 aliphatic rings. The molecule has 4 atom stereocenters. The molecular weight excluding hydrogens is 212 g/mol. The minimum atomic E-state index is 0.0717. The molecule has 0 N–H and O–H groups in total. The summed E-state index contributed by atoms with van der Waals surface area (Å²) in [4.78, 5) is 10.8. The number of hydrogen-bond acceptors (Lipinski definition) is 2. The fraction of sp³-hybridized carbons (Fsp3) is 0.800. The number of allylic oxidation sites excluding steroid dienone is 2. The van der Waals surface area contributed by atoms with Gasteiger partial charge in [0.25, 0.3) is 6.47 Å². The lowest BCUT2D eigenvalue weighted by molar-refractivity contribution is -0.164. The van der Waals surface area contributed by atoms with Crippen molar-refractivity contribution in [3.05, 3.63) is 11.6 Å². The summed E-state index contributed by atoms with van der Waals surface area (Å²) in [6.45, 7) is 9.77.